The number of nitrogens with two attached hydrogens (primary N) is 1. The summed E-state index contributed by atoms with van der Waals surface area (Å²) in [5.74, 6) is -1.13. The van der Waals surface area contributed by atoms with E-state index < -0.39 is 17.9 Å². The number of nitrogens with one attached hydrogen (secondary N) is 1. The van der Waals surface area contributed by atoms with Crippen LogP contribution in [0, 0.1) is 12.7 Å². The van der Waals surface area contributed by atoms with E-state index in [1.807, 2.05) is 0 Å². The molecule has 0 saturated carbocycles. The molecule has 2 aliphatic rings. The number of carbonyl (C=O) groups is 3. The van der Waals surface area contributed by atoms with Gasteiger partial charge in [0, 0.05) is 18.7 Å². The molecule has 0 radical (unpaired) electrons. The summed E-state index contributed by atoms with van der Waals surface area (Å²) in [4.78, 5) is 40.9. The van der Waals surface area contributed by atoms with Gasteiger partial charge in [-0.3, -0.25) is 14.4 Å². The third-order valence-corrected chi connectivity index (χ3v) is 5.23. The Morgan fingerprint density at radius 2 is 2.07 bits per heavy atom. The van der Waals surface area contributed by atoms with E-state index in [9.17, 15) is 18.8 Å². The molecular weight excluding hydrogens is 351 g/mol. The number of nitrogens with zero attached hydrogens (tertiary/aromatic N) is 2. The van der Waals surface area contributed by atoms with E-state index in [2.05, 4.69) is 5.32 Å². The van der Waals surface area contributed by atoms with Gasteiger partial charge in [0.15, 0.2) is 0 Å². The number of carbonyl (C=O) groups excluding carboxylic acids is 3. The van der Waals surface area contributed by atoms with Crippen molar-refractivity contribution in [3.63, 3.8) is 0 Å². The van der Waals surface area contributed by atoms with Gasteiger partial charge >= 0.3 is 0 Å². The van der Waals surface area contributed by atoms with Gasteiger partial charge in [-0.25, -0.2) is 4.39 Å². The molecule has 2 fully saturated rings. The zero-order valence-electron chi connectivity index (χ0n) is 15.4. The molecule has 27 heavy (non-hydrogen) atoms. The van der Waals surface area contributed by atoms with Gasteiger partial charge in [-0.05, 0) is 50.4 Å². The lowest BCUT2D eigenvalue weighted by molar-refractivity contribution is -0.152. The Bertz CT molecular complexity index is 754. The normalized spacial score (nSPS) is 22.5. The fourth-order valence-corrected chi connectivity index (χ4v) is 3.58. The Labute approximate surface area is 157 Å². The van der Waals surface area contributed by atoms with E-state index in [1.54, 1.807) is 24.0 Å². The first-order valence-corrected chi connectivity index (χ1v) is 9.28. The van der Waals surface area contributed by atoms with Crippen molar-refractivity contribution < 1.29 is 18.8 Å². The number of hydrogen-bond acceptors (Lipinski definition) is 4. The number of piperazine rings is 2. The average Bonchev–Trinajstić information content (AvgIpc) is 2.67. The predicted molar refractivity (Wildman–Crippen MR) is 97.4 cm³/mol. The van der Waals surface area contributed by atoms with Gasteiger partial charge in [-0.2, -0.15) is 0 Å². The molecule has 2 saturated heterocycles. The molecule has 8 heteroatoms. The van der Waals surface area contributed by atoms with Crippen LogP contribution in [0.2, 0.25) is 0 Å². The Morgan fingerprint density at radius 3 is 2.78 bits per heavy atom. The number of benzene rings is 1. The molecule has 1 aromatic rings. The summed E-state index contributed by atoms with van der Waals surface area (Å²) in [6, 6.07) is 3.13. The number of unbranched alkanes of at least 4 members (excludes halogenated alkanes) is 1. The van der Waals surface area contributed by atoms with Crippen LogP contribution < -0.4 is 11.1 Å². The highest BCUT2D eigenvalue weighted by Gasteiger charge is 2.44. The molecule has 2 atom stereocenters. The topological polar surface area (TPSA) is 95.7 Å². The summed E-state index contributed by atoms with van der Waals surface area (Å²) in [5.41, 5.74) is 6.19. The lowest BCUT2D eigenvalue weighted by atomic mass is 9.99. The van der Waals surface area contributed by atoms with Gasteiger partial charge in [0.1, 0.15) is 17.9 Å². The molecule has 146 valence electrons. The van der Waals surface area contributed by atoms with Crippen molar-refractivity contribution >= 4 is 17.7 Å². The molecule has 3 N–H and O–H groups in total. The van der Waals surface area contributed by atoms with Gasteiger partial charge in [0.2, 0.25) is 11.8 Å². The number of halogens is 1. The molecule has 2 heterocycles. The quantitative estimate of drug-likeness (QED) is 0.728. The molecule has 0 aliphatic carbocycles. The van der Waals surface area contributed by atoms with Crippen molar-refractivity contribution in [2.24, 2.45) is 5.73 Å². The van der Waals surface area contributed by atoms with Gasteiger partial charge in [0.05, 0.1) is 6.54 Å². The summed E-state index contributed by atoms with van der Waals surface area (Å²) < 4.78 is 13.8. The Kier molecular flexibility index (Phi) is 5.74. The lowest BCUT2D eigenvalue weighted by Gasteiger charge is -2.45. The first-order valence-electron chi connectivity index (χ1n) is 9.28. The number of rotatable bonds is 5. The van der Waals surface area contributed by atoms with E-state index >= 15 is 0 Å². The highest BCUT2D eigenvalue weighted by atomic mass is 19.1. The van der Waals surface area contributed by atoms with Crippen molar-refractivity contribution in [1.29, 1.82) is 0 Å². The van der Waals surface area contributed by atoms with Crippen LogP contribution in [-0.2, 0) is 9.59 Å². The van der Waals surface area contributed by atoms with Crippen LogP contribution >= 0.6 is 0 Å². The van der Waals surface area contributed by atoms with Crippen molar-refractivity contribution in [2.45, 2.75) is 38.3 Å². The third-order valence-electron chi connectivity index (χ3n) is 5.23. The van der Waals surface area contributed by atoms with Crippen LogP contribution in [0.15, 0.2) is 18.2 Å². The lowest BCUT2D eigenvalue weighted by Crippen LogP contribution is -2.69. The maximum atomic E-state index is 13.8. The van der Waals surface area contributed by atoms with Crippen LogP contribution in [-0.4, -0.2) is 65.8 Å². The van der Waals surface area contributed by atoms with E-state index in [4.69, 9.17) is 5.73 Å². The Balaban J connectivity index is 1.67. The molecule has 0 bridgehead atoms. The molecule has 1 aromatic carbocycles. The minimum atomic E-state index is -0.698. The average molecular weight is 376 g/mol. The van der Waals surface area contributed by atoms with Crippen LogP contribution in [0.1, 0.15) is 35.2 Å². The molecule has 0 spiro atoms. The number of hydrogen-bond donors (Lipinski definition) is 2. The van der Waals surface area contributed by atoms with Gasteiger partial charge < -0.3 is 20.9 Å². The van der Waals surface area contributed by atoms with Gasteiger partial charge in [-0.15, -0.1) is 0 Å². The van der Waals surface area contributed by atoms with Crippen LogP contribution in [0.25, 0.3) is 0 Å². The molecule has 7 nitrogen and oxygen atoms in total. The van der Waals surface area contributed by atoms with E-state index in [1.165, 1.54) is 11.0 Å². The fourth-order valence-electron chi connectivity index (χ4n) is 3.58. The minimum absolute atomic E-state index is 0.106. The van der Waals surface area contributed by atoms with Crippen LogP contribution in [0.5, 0.6) is 0 Å². The van der Waals surface area contributed by atoms with E-state index in [-0.39, 0.29) is 29.8 Å². The molecule has 0 unspecified atom stereocenters. The first kappa shape index (κ1) is 19.3. The summed E-state index contributed by atoms with van der Waals surface area (Å²) in [6.45, 7) is 2.91. The number of aryl methyl sites for hydroxylation is 1. The van der Waals surface area contributed by atoms with Crippen LogP contribution in [0.4, 0.5) is 4.39 Å². The highest BCUT2D eigenvalue weighted by Crippen LogP contribution is 2.20. The van der Waals surface area contributed by atoms with Crippen molar-refractivity contribution in [2.75, 3.05) is 26.2 Å². The standard InChI is InChI=1S/C19H25FN4O3/c1-12-5-6-13(10-14(12)20)18(26)23-8-9-24-16(11-23)17(25)22-15(19(24)27)4-2-3-7-21/h5-6,10,15-16H,2-4,7-9,11,21H2,1H3,(H,22,25)/t15-,16+/m0/s1. The second kappa shape index (κ2) is 8.04. The second-order valence-corrected chi connectivity index (χ2v) is 7.11. The Hall–Kier alpha value is -2.48. The zero-order valence-corrected chi connectivity index (χ0v) is 15.4. The van der Waals surface area contributed by atoms with E-state index in [0.29, 0.717) is 31.6 Å². The molecular formula is C19H25FN4O3. The van der Waals surface area contributed by atoms with Crippen LogP contribution in [0.3, 0.4) is 0 Å². The third kappa shape index (κ3) is 3.95. The molecule has 2 aliphatic heterocycles. The maximum Gasteiger partial charge on any atom is 0.254 e. The smallest absolute Gasteiger partial charge is 0.254 e. The summed E-state index contributed by atoms with van der Waals surface area (Å²) in [7, 11) is 0. The maximum absolute atomic E-state index is 13.8. The van der Waals surface area contributed by atoms with Gasteiger partial charge in [0.25, 0.3) is 5.91 Å². The molecule has 3 amide bonds. The largest absolute Gasteiger partial charge is 0.342 e. The molecule has 3 rings (SSSR count). The monoisotopic (exact) mass is 376 g/mol. The SMILES string of the molecule is Cc1ccc(C(=O)N2CCN3C(=O)[C@H](CCCCN)NC(=O)[C@H]3C2)cc1F. The second-order valence-electron chi connectivity index (χ2n) is 7.11. The van der Waals surface area contributed by atoms with Gasteiger partial charge in [-0.1, -0.05) is 6.07 Å². The van der Waals surface area contributed by atoms with E-state index in [0.717, 1.165) is 12.8 Å². The minimum Gasteiger partial charge on any atom is -0.342 e. The zero-order chi connectivity index (χ0) is 19.6. The summed E-state index contributed by atoms with van der Waals surface area (Å²) in [6.07, 6.45) is 2.14. The summed E-state index contributed by atoms with van der Waals surface area (Å²) in [5, 5.41) is 2.77. The number of fused-ring (bicyclic) bond motifs is 1. The van der Waals surface area contributed by atoms with Crippen molar-refractivity contribution in [1.82, 2.24) is 15.1 Å². The fraction of sp³-hybridized carbons (Fsp3) is 0.526. The van der Waals surface area contributed by atoms with Crippen molar-refractivity contribution in [3.05, 3.63) is 35.1 Å². The predicted octanol–water partition coefficient (Wildman–Crippen LogP) is 0.415. The highest BCUT2D eigenvalue weighted by molar-refractivity contribution is 5.99. The Morgan fingerprint density at radius 1 is 1.30 bits per heavy atom. The molecule has 0 aromatic heterocycles. The number of amides is 3. The van der Waals surface area contributed by atoms with Crippen molar-refractivity contribution in [3.8, 4) is 0 Å². The summed E-state index contributed by atoms with van der Waals surface area (Å²) >= 11 is 0. The first-order chi connectivity index (χ1) is 12.9.